The van der Waals surface area contributed by atoms with Crippen LogP contribution in [0, 0.1) is 11.3 Å². The average Bonchev–Trinajstić information content (AvgIpc) is 2.55. The number of nitrogens with one attached hydrogen (secondary N) is 3. The number of alkyl carbamates (subject to hydrolysis) is 1. The van der Waals surface area contributed by atoms with Crippen molar-refractivity contribution in [3.63, 3.8) is 0 Å². The fourth-order valence-corrected chi connectivity index (χ4v) is 2.47. The van der Waals surface area contributed by atoms with Crippen molar-refractivity contribution in [3.05, 3.63) is 0 Å². The van der Waals surface area contributed by atoms with Crippen LogP contribution in [0.2, 0.25) is 0 Å². The summed E-state index contributed by atoms with van der Waals surface area (Å²) in [6.45, 7) is 17.2. The third-order valence-electron chi connectivity index (χ3n) is 4.23. The molecular weight excluding hydrogens is 497 g/mol. The zero-order chi connectivity index (χ0) is 22.8. The van der Waals surface area contributed by atoms with E-state index in [2.05, 4.69) is 34.8 Å². The number of hydrogen-bond acceptors (Lipinski definition) is 4. The number of carbonyl (C=O) groups is 2. The van der Waals surface area contributed by atoms with Gasteiger partial charge in [0.1, 0.15) is 5.60 Å². The zero-order valence-electron chi connectivity index (χ0n) is 20.5. The number of amides is 2. The number of guanidine groups is 1. The number of ether oxygens (including phenoxy) is 1. The van der Waals surface area contributed by atoms with Crippen LogP contribution in [-0.2, 0) is 9.53 Å². The molecule has 0 aromatic carbocycles. The van der Waals surface area contributed by atoms with Crippen molar-refractivity contribution in [2.24, 2.45) is 16.3 Å². The monoisotopic (exact) mass is 541 g/mol. The molecule has 0 saturated heterocycles. The van der Waals surface area contributed by atoms with E-state index in [1.165, 1.54) is 0 Å². The van der Waals surface area contributed by atoms with Gasteiger partial charge in [-0.1, -0.05) is 34.6 Å². The highest BCUT2D eigenvalue weighted by Crippen LogP contribution is 2.12. The maximum atomic E-state index is 12.1. The van der Waals surface area contributed by atoms with Gasteiger partial charge in [0.2, 0.25) is 5.91 Å². The molecule has 0 aliphatic carbocycles. The quantitative estimate of drug-likeness (QED) is 0.190. The van der Waals surface area contributed by atoms with Gasteiger partial charge in [-0.3, -0.25) is 9.79 Å². The molecule has 0 aliphatic heterocycles. The Morgan fingerprint density at radius 2 is 1.57 bits per heavy atom. The molecule has 0 rings (SSSR count). The Morgan fingerprint density at radius 3 is 2.00 bits per heavy atom. The van der Waals surface area contributed by atoms with E-state index in [0.717, 1.165) is 12.4 Å². The van der Waals surface area contributed by atoms with Crippen LogP contribution < -0.4 is 16.0 Å². The normalized spacial score (nSPS) is 13.2. The highest BCUT2D eigenvalue weighted by molar-refractivity contribution is 14.0. The Bertz CT molecular complexity index is 554. The Labute approximate surface area is 200 Å². The first-order chi connectivity index (χ1) is 13.2. The molecule has 0 bridgehead atoms. The SMILES string of the molecule is CN=C(NCCNC(=O)C(C)(C)C)N(C)CCC(NC(=O)OC(C)(C)C)C(C)C.I. The molecule has 1 unspecified atom stereocenters. The summed E-state index contributed by atoms with van der Waals surface area (Å²) in [6.07, 6.45) is 0.366. The van der Waals surface area contributed by atoms with Gasteiger partial charge in [0, 0.05) is 45.2 Å². The predicted octanol–water partition coefficient (Wildman–Crippen LogP) is 3.21. The second kappa shape index (κ2) is 13.9. The van der Waals surface area contributed by atoms with E-state index < -0.39 is 17.1 Å². The molecule has 30 heavy (non-hydrogen) atoms. The summed E-state index contributed by atoms with van der Waals surface area (Å²) in [5, 5.41) is 9.13. The van der Waals surface area contributed by atoms with Crippen LogP contribution in [0.1, 0.15) is 61.8 Å². The second-order valence-electron chi connectivity index (χ2n) is 9.69. The van der Waals surface area contributed by atoms with Gasteiger partial charge >= 0.3 is 6.09 Å². The Kier molecular flexibility index (Phi) is 14.4. The van der Waals surface area contributed by atoms with Crippen LogP contribution >= 0.6 is 24.0 Å². The summed E-state index contributed by atoms with van der Waals surface area (Å²) in [6, 6.07) is -0.00326. The van der Waals surface area contributed by atoms with Crippen molar-refractivity contribution in [2.75, 3.05) is 33.7 Å². The number of aliphatic imine (C=N–C) groups is 1. The van der Waals surface area contributed by atoms with Crippen molar-refractivity contribution in [3.8, 4) is 0 Å². The van der Waals surface area contributed by atoms with E-state index >= 15 is 0 Å². The largest absolute Gasteiger partial charge is 0.444 e. The van der Waals surface area contributed by atoms with Crippen LogP contribution in [0.5, 0.6) is 0 Å². The summed E-state index contributed by atoms with van der Waals surface area (Å²) < 4.78 is 5.37. The molecule has 0 saturated carbocycles. The molecule has 9 heteroatoms. The predicted molar refractivity (Wildman–Crippen MR) is 134 cm³/mol. The summed E-state index contributed by atoms with van der Waals surface area (Å²) in [7, 11) is 3.68. The van der Waals surface area contributed by atoms with E-state index in [1.807, 2.05) is 53.5 Å². The van der Waals surface area contributed by atoms with Gasteiger partial charge in [-0.2, -0.15) is 0 Å². The van der Waals surface area contributed by atoms with Crippen LogP contribution in [0.3, 0.4) is 0 Å². The molecule has 1 atom stereocenters. The smallest absolute Gasteiger partial charge is 0.407 e. The van der Waals surface area contributed by atoms with Crippen molar-refractivity contribution in [1.29, 1.82) is 0 Å². The van der Waals surface area contributed by atoms with Crippen molar-refractivity contribution in [2.45, 2.75) is 73.5 Å². The highest BCUT2D eigenvalue weighted by atomic mass is 127. The first-order valence-electron chi connectivity index (χ1n) is 10.4. The lowest BCUT2D eigenvalue weighted by Crippen LogP contribution is -2.46. The maximum absolute atomic E-state index is 12.1. The fourth-order valence-electron chi connectivity index (χ4n) is 2.47. The Hall–Kier alpha value is -1.26. The molecule has 0 fully saturated rings. The molecule has 0 spiro atoms. The number of hydrogen-bond donors (Lipinski definition) is 3. The summed E-state index contributed by atoms with van der Waals surface area (Å²) in [5.41, 5.74) is -0.914. The number of halogens is 1. The van der Waals surface area contributed by atoms with E-state index in [0.29, 0.717) is 19.6 Å². The molecule has 0 aromatic heterocycles. The summed E-state index contributed by atoms with van der Waals surface area (Å²) in [4.78, 5) is 30.3. The molecule has 8 nitrogen and oxygen atoms in total. The van der Waals surface area contributed by atoms with Gasteiger partial charge in [0.05, 0.1) is 0 Å². The van der Waals surface area contributed by atoms with Crippen LogP contribution in [0.15, 0.2) is 4.99 Å². The molecular formula is C21H44IN5O3. The molecule has 0 aliphatic rings. The van der Waals surface area contributed by atoms with Crippen molar-refractivity contribution < 1.29 is 14.3 Å². The van der Waals surface area contributed by atoms with Crippen LogP contribution in [0.4, 0.5) is 4.79 Å². The summed E-state index contributed by atoms with van der Waals surface area (Å²) >= 11 is 0. The lowest BCUT2D eigenvalue weighted by atomic mass is 9.96. The standard InChI is InChI=1S/C21H43N5O3.HI/c1-15(2)16(25-19(28)29-21(6,7)8)11-14-26(10)18(22-9)24-13-12-23-17(27)20(3,4)5;/h15-16H,11-14H2,1-10H3,(H,22,24)(H,23,27)(H,25,28);1H. The van der Waals surface area contributed by atoms with Crippen molar-refractivity contribution >= 4 is 41.9 Å². The maximum Gasteiger partial charge on any atom is 0.407 e. The summed E-state index contributed by atoms with van der Waals surface area (Å²) in [5.74, 6) is 1.05. The van der Waals surface area contributed by atoms with E-state index in [1.54, 1.807) is 7.05 Å². The van der Waals surface area contributed by atoms with E-state index in [-0.39, 0.29) is 41.8 Å². The highest BCUT2D eigenvalue weighted by Gasteiger charge is 2.22. The van der Waals surface area contributed by atoms with Gasteiger partial charge in [0.25, 0.3) is 0 Å². The zero-order valence-corrected chi connectivity index (χ0v) is 22.8. The number of rotatable bonds is 8. The topological polar surface area (TPSA) is 95.1 Å². The minimum atomic E-state index is -0.517. The molecule has 0 radical (unpaired) electrons. The number of carbonyl (C=O) groups excluding carboxylic acids is 2. The molecule has 0 heterocycles. The second-order valence-corrected chi connectivity index (χ2v) is 9.69. The number of nitrogens with zero attached hydrogens (tertiary/aromatic N) is 2. The average molecular weight is 542 g/mol. The third-order valence-corrected chi connectivity index (χ3v) is 4.23. The van der Waals surface area contributed by atoms with E-state index in [4.69, 9.17) is 4.74 Å². The molecule has 0 aromatic rings. The lowest BCUT2D eigenvalue weighted by molar-refractivity contribution is -0.128. The molecule has 3 N–H and O–H groups in total. The third kappa shape index (κ3) is 13.9. The molecule has 2 amide bonds. The van der Waals surface area contributed by atoms with Crippen molar-refractivity contribution in [1.82, 2.24) is 20.9 Å². The van der Waals surface area contributed by atoms with Crippen LogP contribution in [0.25, 0.3) is 0 Å². The Balaban J connectivity index is 0. The Morgan fingerprint density at radius 1 is 1.03 bits per heavy atom. The van der Waals surface area contributed by atoms with Gasteiger partial charge in [-0.25, -0.2) is 4.79 Å². The van der Waals surface area contributed by atoms with Gasteiger partial charge in [-0.05, 0) is 33.1 Å². The first-order valence-corrected chi connectivity index (χ1v) is 10.4. The lowest BCUT2D eigenvalue weighted by Gasteiger charge is -2.28. The van der Waals surface area contributed by atoms with Gasteiger partial charge in [-0.15, -0.1) is 24.0 Å². The fraction of sp³-hybridized carbons (Fsp3) is 0.857. The minimum absolute atomic E-state index is 0. The van der Waals surface area contributed by atoms with Gasteiger partial charge in [0.15, 0.2) is 5.96 Å². The minimum Gasteiger partial charge on any atom is -0.444 e. The van der Waals surface area contributed by atoms with E-state index in [9.17, 15) is 9.59 Å². The van der Waals surface area contributed by atoms with Gasteiger partial charge < -0.3 is 25.6 Å². The first kappa shape index (κ1) is 30.9. The van der Waals surface area contributed by atoms with Crippen LogP contribution in [-0.4, -0.2) is 68.2 Å². The molecule has 178 valence electrons.